The van der Waals surface area contributed by atoms with Crippen LogP contribution in [0.2, 0.25) is 0 Å². The Balaban J connectivity index is 1.32. The quantitative estimate of drug-likeness (QED) is 0.570. The van der Waals surface area contributed by atoms with E-state index in [1.54, 1.807) is 0 Å². The first-order valence-electron chi connectivity index (χ1n) is 12.7. The lowest BCUT2D eigenvalue weighted by molar-refractivity contribution is -0.118. The zero-order chi connectivity index (χ0) is 24.5. The summed E-state index contributed by atoms with van der Waals surface area (Å²) in [5.74, 6) is 0.996. The third-order valence-electron chi connectivity index (χ3n) is 6.93. The molecule has 1 heterocycles. The third kappa shape index (κ3) is 7.02. The lowest BCUT2D eigenvalue weighted by atomic mass is 9.89. The molecule has 1 aliphatic carbocycles. The Morgan fingerprint density at radius 3 is 2.49 bits per heavy atom. The third-order valence-corrected chi connectivity index (χ3v) is 8.01. The molecule has 1 N–H and O–H groups in total. The molecule has 2 aliphatic rings. The van der Waals surface area contributed by atoms with E-state index in [1.165, 1.54) is 43.9 Å². The van der Waals surface area contributed by atoms with Crippen molar-refractivity contribution in [1.29, 1.82) is 5.26 Å². The maximum atomic E-state index is 13.4. The van der Waals surface area contributed by atoms with Crippen molar-refractivity contribution in [1.82, 2.24) is 10.2 Å². The number of nitrogens with one attached hydrogen (secondary N) is 1. The Kier molecular flexibility index (Phi) is 9.08. The van der Waals surface area contributed by atoms with Gasteiger partial charge in [-0.05, 0) is 61.6 Å². The van der Waals surface area contributed by atoms with Crippen LogP contribution in [0.15, 0.2) is 53.4 Å². The van der Waals surface area contributed by atoms with Crippen LogP contribution in [-0.2, 0) is 4.79 Å². The normalized spacial score (nSPS) is 16.9. The van der Waals surface area contributed by atoms with Gasteiger partial charge in [0.25, 0.3) is 5.91 Å². The molecule has 0 radical (unpaired) electrons. The van der Waals surface area contributed by atoms with Gasteiger partial charge in [-0.3, -0.25) is 9.59 Å². The second-order valence-electron chi connectivity index (χ2n) is 9.38. The van der Waals surface area contributed by atoms with Gasteiger partial charge in [0.1, 0.15) is 0 Å². The van der Waals surface area contributed by atoms with Crippen LogP contribution >= 0.6 is 11.8 Å². The molecule has 7 heteroatoms. The smallest absolute Gasteiger partial charge is 0.255 e. The first-order valence-corrected chi connectivity index (χ1v) is 13.7. The van der Waals surface area contributed by atoms with Crippen LogP contribution in [0.5, 0.6) is 0 Å². The fourth-order valence-electron chi connectivity index (χ4n) is 4.91. The number of anilines is 1. The van der Waals surface area contributed by atoms with Crippen molar-refractivity contribution in [3.63, 3.8) is 0 Å². The van der Waals surface area contributed by atoms with Crippen molar-refractivity contribution in [2.75, 3.05) is 43.4 Å². The summed E-state index contributed by atoms with van der Waals surface area (Å²) in [4.78, 5) is 30.9. The number of carbonyl (C=O) groups excluding carboxylic acids is 2. The van der Waals surface area contributed by atoms with Gasteiger partial charge in [-0.25, -0.2) is 0 Å². The molecule has 1 saturated heterocycles. The number of carbonyl (C=O) groups is 2. The lowest BCUT2D eigenvalue weighted by Gasteiger charge is -2.24. The first-order chi connectivity index (χ1) is 17.1. The van der Waals surface area contributed by atoms with E-state index in [2.05, 4.69) is 16.3 Å². The summed E-state index contributed by atoms with van der Waals surface area (Å²) >= 11 is 1.44. The number of hydrogen-bond acceptors (Lipinski definition) is 5. The molecule has 1 aliphatic heterocycles. The molecule has 2 aromatic carbocycles. The second-order valence-corrected chi connectivity index (χ2v) is 10.4. The summed E-state index contributed by atoms with van der Waals surface area (Å²) in [5, 5.41) is 12.1. The zero-order valence-corrected chi connectivity index (χ0v) is 21.1. The number of thioether (sulfide) groups is 1. The standard InChI is InChI=1S/C28H34N4O2S/c29-19-22-11-13-24(14-12-22)31-15-6-16-32(18-17-31)28(34)25-9-4-5-10-26(25)35-21-27(33)30-20-23-7-2-1-3-8-23/h4-5,9-14,23H,1-3,6-8,15-18,20-21H2,(H,30,33). The molecular formula is C28H34N4O2S. The Morgan fingerprint density at radius 1 is 0.943 bits per heavy atom. The molecule has 4 rings (SSSR count). The SMILES string of the molecule is N#Cc1ccc(N2CCCN(C(=O)c3ccccc3SCC(=O)NCC3CCCCC3)CC2)cc1. The van der Waals surface area contributed by atoms with Crippen molar-refractivity contribution in [2.45, 2.75) is 43.4 Å². The fourth-order valence-corrected chi connectivity index (χ4v) is 5.78. The molecule has 2 aromatic rings. The highest BCUT2D eigenvalue weighted by atomic mass is 32.2. The summed E-state index contributed by atoms with van der Waals surface area (Å²) in [6, 6.07) is 17.4. The summed E-state index contributed by atoms with van der Waals surface area (Å²) in [5.41, 5.74) is 2.40. The van der Waals surface area contributed by atoms with Crippen LogP contribution in [0.25, 0.3) is 0 Å². The Bertz CT molecular complexity index is 1040. The maximum absolute atomic E-state index is 13.4. The topological polar surface area (TPSA) is 76.4 Å². The molecule has 35 heavy (non-hydrogen) atoms. The molecule has 6 nitrogen and oxygen atoms in total. The maximum Gasteiger partial charge on any atom is 0.255 e. The van der Waals surface area contributed by atoms with E-state index >= 15 is 0 Å². The minimum Gasteiger partial charge on any atom is -0.370 e. The van der Waals surface area contributed by atoms with Gasteiger partial charge in [-0.2, -0.15) is 5.26 Å². The second kappa shape index (κ2) is 12.6. The number of rotatable bonds is 7. The molecule has 1 saturated carbocycles. The first kappa shape index (κ1) is 25.1. The summed E-state index contributed by atoms with van der Waals surface area (Å²) < 4.78 is 0. The minimum absolute atomic E-state index is 0.0254. The Labute approximate surface area is 212 Å². The van der Waals surface area contributed by atoms with Gasteiger partial charge in [0.05, 0.1) is 22.9 Å². The highest BCUT2D eigenvalue weighted by Crippen LogP contribution is 2.26. The highest BCUT2D eigenvalue weighted by Gasteiger charge is 2.23. The number of hydrogen-bond donors (Lipinski definition) is 1. The van der Waals surface area contributed by atoms with E-state index in [1.807, 2.05) is 53.4 Å². The van der Waals surface area contributed by atoms with Crippen LogP contribution in [0.3, 0.4) is 0 Å². The molecule has 2 amide bonds. The van der Waals surface area contributed by atoms with Gasteiger partial charge >= 0.3 is 0 Å². The van der Waals surface area contributed by atoms with Crippen LogP contribution in [0.4, 0.5) is 5.69 Å². The van der Waals surface area contributed by atoms with Crippen molar-refractivity contribution < 1.29 is 9.59 Å². The molecule has 0 spiro atoms. The van der Waals surface area contributed by atoms with Crippen LogP contribution in [-0.4, -0.2) is 55.2 Å². The molecule has 0 atom stereocenters. The molecule has 2 fully saturated rings. The Hall–Kier alpha value is -2.98. The van der Waals surface area contributed by atoms with Crippen molar-refractivity contribution in [3.05, 3.63) is 59.7 Å². The number of nitrogens with zero attached hydrogens (tertiary/aromatic N) is 3. The number of amides is 2. The van der Waals surface area contributed by atoms with E-state index in [4.69, 9.17) is 5.26 Å². The monoisotopic (exact) mass is 490 g/mol. The lowest BCUT2D eigenvalue weighted by Crippen LogP contribution is -2.35. The van der Waals surface area contributed by atoms with Crippen molar-refractivity contribution >= 4 is 29.3 Å². The number of benzene rings is 2. The molecule has 184 valence electrons. The van der Waals surface area contributed by atoms with Gasteiger partial charge < -0.3 is 15.1 Å². The van der Waals surface area contributed by atoms with Crippen LogP contribution < -0.4 is 10.2 Å². The van der Waals surface area contributed by atoms with Crippen molar-refractivity contribution in [2.24, 2.45) is 5.92 Å². The summed E-state index contributed by atoms with van der Waals surface area (Å²) in [6.07, 6.45) is 7.16. The molecule has 0 unspecified atom stereocenters. The zero-order valence-electron chi connectivity index (χ0n) is 20.2. The number of nitriles is 1. The average molecular weight is 491 g/mol. The van der Waals surface area contributed by atoms with E-state index in [0.29, 0.717) is 35.9 Å². The van der Waals surface area contributed by atoms with Crippen LogP contribution in [0.1, 0.15) is 54.4 Å². The largest absolute Gasteiger partial charge is 0.370 e. The average Bonchev–Trinajstić information content (AvgIpc) is 3.17. The fraction of sp³-hybridized carbons (Fsp3) is 0.464. The van der Waals surface area contributed by atoms with Gasteiger partial charge in [0.15, 0.2) is 0 Å². The molecular weight excluding hydrogens is 456 g/mol. The van der Waals surface area contributed by atoms with E-state index in [9.17, 15) is 9.59 Å². The summed E-state index contributed by atoms with van der Waals surface area (Å²) in [6.45, 7) is 3.72. The van der Waals surface area contributed by atoms with Gasteiger partial charge in [0, 0.05) is 43.3 Å². The Morgan fingerprint density at radius 2 is 1.71 bits per heavy atom. The predicted octanol–water partition coefficient (Wildman–Crippen LogP) is 4.70. The van der Waals surface area contributed by atoms with Gasteiger partial charge in [-0.1, -0.05) is 31.4 Å². The summed E-state index contributed by atoms with van der Waals surface area (Å²) in [7, 11) is 0. The van der Waals surface area contributed by atoms with E-state index in [0.717, 1.165) is 36.6 Å². The minimum atomic E-state index is 0.0254. The highest BCUT2D eigenvalue weighted by molar-refractivity contribution is 8.00. The molecule has 0 aromatic heterocycles. The predicted molar refractivity (Wildman–Crippen MR) is 141 cm³/mol. The van der Waals surface area contributed by atoms with Crippen molar-refractivity contribution in [3.8, 4) is 6.07 Å². The van der Waals surface area contributed by atoms with Gasteiger partial charge in [0.2, 0.25) is 5.91 Å². The molecule has 0 bridgehead atoms. The van der Waals surface area contributed by atoms with Gasteiger partial charge in [-0.15, -0.1) is 11.8 Å². The van der Waals surface area contributed by atoms with E-state index in [-0.39, 0.29) is 11.8 Å². The van der Waals surface area contributed by atoms with E-state index < -0.39 is 0 Å². The van der Waals surface area contributed by atoms with Crippen LogP contribution in [0, 0.1) is 17.2 Å².